The van der Waals surface area contributed by atoms with Crippen LogP contribution in [0.5, 0.6) is 0 Å². The molecule has 44 heavy (non-hydrogen) atoms. The minimum atomic E-state index is -0.148. The second-order valence-electron chi connectivity index (χ2n) is 11.6. The molecule has 0 saturated carbocycles. The number of nitrogens with one attached hydrogen (secondary N) is 1. The number of fused-ring (bicyclic) bond motifs is 1. The lowest BCUT2D eigenvalue weighted by Crippen LogP contribution is -2.21. The van der Waals surface area contributed by atoms with Gasteiger partial charge in [-0.3, -0.25) is 0 Å². The summed E-state index contributed by atoms with van der Waals surface area (Å²) in [5.74, 6) is 0. The van der Waals surface area contributed by atoms with Crippen molar-refractivity contribution < 1.29 is 0 Å². The molecule has 1 N–H and O–H groups in total. The molecule has 7 rings (SSSR count). The Morgan fingerprint density at radius 3 is 1.70 bits per heavy atom. The number of rotatable bonds is 4. The van der Waals surface area contributed by atoms with E-state index in [1.165, 1.54) is 61.2 Å². The predicted molar refractivity (Wildman–Crippen MR) is 191 cm³/mol. The summed E-state index contributed by atoms with van der Waals surface area (Å²) in [7, 11) is 0. The number of hydrogen-bond donors (Lipinski definition) is 1. The van der Waals surface area contributed by atoms with Gasteiger partial charge in [-0.25, -0.2) is 0 Å². The van der Waals surface area contributed by atoms with Gasteiger partial charge in [0.25, 0.3) is 0 Å². The number of hydrogen-bond acceptors (Lipinski definition) is 1. The summed E-state index contributed by atoms with van der Waals surface area (Å²) in [4.78, 5) is 0. The summed E-state index contributed by atoms with van der Waals surface area (Å²) in [5, 5.41) is 3.65. The van der Waals surface area contributed by atoms with Gasteiger partial charge in [0.05, 0.1) is 0 Å². The second kappa shape index (κ2) is 12.5. The van der Waals surface area contributed by atoms with Gasteiger partial charge in [0.1, 0.15) is 0 Å². The van der Waals surface area contributed by atoms with E-state index in [0.29, 0.717) is 0 Å². The first kappa shape index (κ1) is 28.7. The van der Waals surface area contributed by atoms with E-state index in [-0.39, 0.29) is 5.41 Å². The molecule has 0 saturated heterocycles. The first-order valence-corrected chi connectivity index (χ1v) is 15.1. The molecule has 5 aromatic rings. The second-order valence-corrected chi connectivity index (χ2v) is 11.6. The van der Waals surface area contributed by atoms with E-state index in [9.17, 15) is 0 Å². The summed E-state index contributed by atoms with van der Waals surface area (Å²) in [6.45, 7) is 11.4. The maximum Gasteiger partial charge on any atom is 0.0421 e. The molecule has 5 aromatic carbocycles. The zero-order valence-corrected chi connectivity index (χ0v) is 25.4. The molecule has 0 aromatic heterocycles. The highest BCUT2D eigenvalue weighted by Crippen LogP contribution is 2.43. The Labute approximate surface area is 262 Å². The van der Waals surface area contributed by atoms with Crippen LogP contribution in [0.2, 0.25) is 0 Å². The van der Waals surface area contributed by atoms with E-state index in [4.69, 9.17) is 0 Å². The zero-order valence-electron chi connectivity index (χ0n) is 25.4. The van der Waals surface area contributed by atoms with Crippen molar-refractivity contribution in [1.29, 1.82) is 0 Å². The summed E-state index contributed by atoms with van der Waals surface area (Å²) in [6.07, 6.45) is 12.3. The van der Waals surface area contributed by atoms with E-state index in [1.54, 1.807) is 12.2 Å². The van der Waals surface area contributed by atoms with E-state index < -0.39 is 0 Å². The van der Waals surface area contributed by atoms with E-state index in [0.717, 1.165) is 5.69 Å². The third-order valence-electron chi connectivity index (χ3n) is 8.52. The van der Waals surface area contributed by atoms with Crippen LogP contribution in [0.3, 0.4) is 0 Å². The molecule has 0 fully saturated rings. The van der Waals surface area contributed by atoms with Crippen LogP contribution in [0.1, 0.15) is 41.7 Å². The molecule has 2 aliphatic rings. The van der Waals surface area contributed by atoms with Crippen molar-refractivity contribution in [3.05, 3.63) is 193 Å². The number of allylic oxidation sites excluding steroid dienone is 6. The van der Waals surface area contributed by atoms with Crippen LogP contribution >= 0.6 is 0 Å². The average molecular weight is 568 g/mol. The van der Waals surface area contributed by atoms with Crippen LogP contribution in [0.4, 0.5) is 5.69 Å². The highest BCUT2D eigenvalue weighted by molar-refractivity contribution is 5.96. The fourth-order valence-corrected chi connectivity index (χ4v) is 6.10. The maximum absolute atomic E-state index is 3.65. The van der Waals surface area contributed by atoms with Gasteiger partial charge in [-0.15, -0.1) is 0 Å². The van der Waals surface area contributed by atoms with Crippen molar-refractivity contribution in [1.82, 2.24) is 0 Å². The molecule has 214 valence electrons. The Morgan fingerprint density at radius 2 is 1.07 bits per heavy atom. The van der Waals surface area contributed by atoms with E-state index in [2.05, 4.69) is 178 Å². The first-order chi connectivity index (χ1) is 21.5. The zero-order chi connectivity index (χ0) is 30.5. The molecule has 0 amide bonds. The van der Waals surface area contributed by atoms with Crippen LogP contribution in [0.25, 0.3) is 39.5 Å². The summed E-state index contributed by atoms with van der Waals surface area (Å²) in [6, 6.07) is 43.7. The van der Waals surface area contributed by atoms with Gasteiger partial charge < -0.3 is 5.32 Å². The smallest absolute Gasteiger partial charge is 0.0421 e. The van der Waals surface area contributed by atoms with Crippen LogP contribution in [-0.2, 0) is 5.41 Å². The van der Waals surface area contributed by atoms with Crippen LogP contribution < -0.4 is 5.32 Å². The normalized spacial score (nSPS) is 15.1. The molecule has 1 aliphatic heterocycles. The lowest BCUT2D eigenvalue weighted by atomic mass is 9.74. The Kier molecular flexibility index (Phi) is 8.12. The standard InChI is InChI=1S/C39H31N.C4H6/c1-39(2)36-13-8-11-34-33(26-40-38-14-7-6-12-37(38)39)25-32(23-24-35(34)36)31-21-19-30(20-22-31)29-17-15-28(16-18-29)27-9-4-3-5-10-27;1-3-4-2/h3-26,40H,1-2H3;3-4H,1-2H2/b33-26-;. The fraction of sp³-hybridized carbons (Fsp3) is 0.0698. The highest BCUT2D eigenvalue weighted by atomic mass is 14.8. The monoisotopic (exact) mass is 567 g/mol. The Hall–Kier alpha value is -5.40. The van der Waals surface area contributed by atoms with Crippen molar-refractivity contribution in [2.24, 2.45) is 0 Å². The van der Waals surface area contributed by atoms with Gasteiger partial charge in [-0.2, -0.15) is 0 Å². The van der Waals surface area contributed by atoms with Crippen LogP contribution in [-0.4, -0.2) is 0 Å². The number of para-hydroxylation sites is 1. The molecule has 4 bridgehead atoms. The van der Waals surface area contributed by atoms with Crippen LogP contribution in [0, 0.1) is 0 Å². The molecule has 1 nitrogen and oxygen atoms in total. The first-order valence-electron chi connectivity index (χ1n) is 15.1. The number of benzene rings is 5. The average Bonchev–Trinajstić information content (AvgIpc) is 3.26. The molecule has 0 atom stereocenters. The van der Waals surface area contributed by atoms with Crippen molar-refractivity contribution >= 4 is 22.9 Å². The van der Waals surface area contributed by atoms with Crippen molar-refractivity contribution in [2.45, 2.75) is 19.3 Å². The summed E-state index contributed by atoms with van der Waals surface area (Å²) in [5.41, 5.74) is 14.7. The third kappa shape index (κ3) is 5.65. The van der Waals surface area contributed by atoms with Crippen molar-refractivity contribution in [2.75, 3.05) is 5.32 Å². The molecule has 1 aliphatic carbocycles. The Morgan fingerprint density at radius 1 is 0.523 bits per heavy atom. The molecular formula is C43H37N. The lowest BCUT2D eigenvalue weighted by molar-refractivity contribution is 0.641. The van der Waals surface area contributed by atoms with Gasteiger partial charge in [0.2, 0.25) is 0 Å². The van der Waals surface area contributed by atoms with Crippen molar-refractivity contribution in [3.8, 4) is 22.3 Å². The van der Waals surface area contributed by atoms with Gasteiger partial charge in [-0.1, -0.05) is 167 Å². The van der Waals surface area contributed by atoms with Gasteiger partial charge in [-0.05, 0) is 73.4 Å². The molecule has 1 heteroatoms. The minimum absolute atomic E-state index is 0.148. The Balaban J connectivity index is 0.000000810. The molecular weight excluding hydrogens is 530 g/mol. The lowest BCUT2D eigenvalue weighted by Gasteiger charge is -2.30. The SMILES string of the molecule is C=CC=C.CC1(C)c2ccccc2N/C=C2/C=C(c3ccc(-c4ccc(-c5ccccc5)cc4)cc3)C=Cc3c2cccc31. The molecule has 0 unspecified atom stereocenters. The Bertz CT molecular complexity index is 1890. The molecule has 0 spiro atoms. The van der Waals surface area contributed by atoms with Gasteiger partial charge in [0.15, 0.2) is 0 Å². The third-order valence-corrected chi connectivity index (χ3v) is 8.52. The molecule has 1 heterocycles. The molecule has 0 radical (unpaired) electrons. The maximum atomic E-state index is 3.65. The fourth-order valence-electron chi connectivity index (χ4n) is 6.10. The highest BCUT2D eigenvalue weighted by Gasteiger charge is 2.30. The van der Waals surface area contributed by atoms with E-state index in [1.807, 2.05) is 0 Å². The van der Waals surface area contributed by atoms with Crippen LogP contribution in [0.15, 0.2) is 165 Å². The van der Waals surface area contributed by atoms with Gasteiger partial charge >= 0.3 is 0 Å². The quantitative estimate of drug-likeness (QED) is 0.213. The largest absolute Gasteiger partial charge is 0.361 e. The van der Waals surface area contributed by atoms with Crippen molar-refractivity contribution in [3.63, 3.8) is 0 Å². The topological polar surface area (TPSA) is 12.0 Å². The summed E-state index contributed by atoms with van der Waals surface area (Å²) < 4.78 is 0. The van der Waals surface area contributed by atoms with Gasteiger partial charge in [0, 0.05) is 17.3 Å². The van der Waals surface area contributed by atoms with E-state index >= 15 is 0 Å². The number of anilines is 1. The minimum Gasteiger partial charge on any atom is -0.361 e. The predicted octanol–water partition coefficient (Wildman–Crippen LogP) is 11.6. The summed E-state index contributed by atoms with van der Waals surface area (Å²) >= 11 is 0.